The highest BCUT2D eigenvalue weighted by Crippen LogP contribution is 2.22. The minimum atomic E-state index is -0.910. The Labute approximate surface area is 78.9 Å². The molecule has 0 aliphatic carbocycles. The first-order valence-corrected chi connectivity index (χ1v) is 4.31. The van der Waals surface area contributed by atoms with Gasteiger partial charge >= 0.3 is 0 Å². The van der Waals surface area contributed by atoms with E-state index < -0.39 is 5.60 Å². The van der Waals surface area contributed by atoms with Crippen LogP contribution in [0, 0.1) is 0 Å². The summed E-state index contributed by atoms with van der Waals surface area (Å²) in [6.45, 7) is 5.69. The van der Waals surface area contributed by atoms with Gasteiger partial charge in [-0.1, -0.05) is 17.7 Å². The average molecular weight is 177 g/mol. The van der Waals surface area contributed by atoms with Crippen LogP contribution < -0.4 is 0 Å². The number of hydrogen-bond donors (Lipinski definition) is 1. The lowest BCUT2D eigenvalue weighted by Gasteiger charge is -2.19. The summed E-state index contributed by atoms with van der Waals surface area (Å²) in [5, 5.41) is 10.0. The molecule has 0 amide bonds. The molecule has 1 N–H and O–H groups in total. The summed E-state index contributed by atoms with van der Waals surface area (Å²) in [4.78, 5) is 3.97. The Morgan fingerprint density at radius 2 is 2.23 bits per heavy atom. The second-order valence-electron chi connectivity index (χ2n) is 3.61. The lowest BCUT2D eigenvalue weighted by atomic mass is 9.96. The quantitative estimate of drug-likeness (QED) is 0.703. The zero-order valence-corrected chi connectivity index (χ0v) is 8.28. The maximum atomic E-state index is 10.0. The molecule has 0 spiro atoms. The van der Waals surface area contributed by atoms with Crippen LogP contribution >= 0.6 is 0 Å². The van der Waals surface area contributed by atoms with E-state index in [4.69, 9.17) is 0 Å². The molecule has 70 valence electrons. The molecular weight excluding hydrogens is 162 g/mol. The number of allylic oxidation sites excluding steroid dienone is 1. The van der Waals surface area contributed by atoms with Crippen molar-refractivity contribution >= 4 is 0 Å². The van der Waals surface area contributed by atoms with Crippen molar-refractivity contribution in [3.05, 3.63) is 41.7 Å². The molecule has 1 rings (SSSR count). The Morgan fingerprint density at radius 1 is 1.54 bits per heavy atom. The second kappa shape index (κ2) is 3.71. The zero-order chi connectivity index (χ0) is 9.90. The third-order valence-corrected chi connectivity index (χ3v) is 1.82. The Bertz CT molecular complexity index is 297. The first kappa shape index (κ1) is 9.93. The van der Waals surface area contributed by atoms with Crippen LogP contribution in [0.1, 0.15) is 26.3 Å². The van der Waals surface area contributed by atoms with Crippen LogP contribution in [-0.2, 0) is 5.60 Å². The van der Waals surface area contributed by atoms with Gasteiger partial charge in [0.2, 0.25) is 0 Å². The molecule has 0 saturated carbocycles. The van der Waals surface area contributed by atoms with Gasteiger partial charge in [0.05, 0.1) is 0 Å². The van der Waals surface area contributed by atoms with Crippen molar-refractivity contribution in [2.45, 2.75) is 26.4 Å². The summed E-state index contributed by atoms with van der Waals surface area (Å²) in [5.74, 6) is 0. The summed E-state index contributed by atoms with van der Waals surface area (Å²) in [5.41, 5.74) is 0.998. The number of pyridine rings is 1. The number of aromatic nitrogens is 1. The fraction of sp³-hybridized carbons (Fsp3) is 0.364. The van der Waals surface area contributed by atoms with Crippen molar-refractivity contribution in [1.82, 2.24) is 4.98 Å². The van der Waals surface area contributed by atoms with Gasteiger partial charge in [0.15, 0.2) is 0 Å². The summed E-state index contributed by atoms with van der Waals surface area (Å²) < 4.78 is 0. The van der Waals surface area contributed by atoms with Crippen LogP contribution in [0.15, 0.2) is 36.2 Å². The SMILES string of the molecule is CC(C)=CC(C)(O)c1cccnc1. The molecule has 1 heterocycles. The molecule has 0 saturated heterocycles. The molecule has 2 nitrogen and oxygen atoms in total. The van der Waals surface area contributed by atoms with Gasteiger partial charge in [-0.2, -0.15) is 0 Å². The number of hydrogen-bond acceptors (Lipinski definition) is 2. The molecule has 1 atom stereocenters. The molecule has 0 radical (unpaired) electrons. The van der Waals surface area contributed by atoms with Gasteiger partial charge < -0.3 is 5.11 Å². The van der Waals surface area contributed by atoms with Gasteiger partial charge in [-0.3, -0.25) is 4.98 Å². The average Bonchev–Trinajstić information content (AvgIpc) is 2.04. The summed E-state index contributed by atoms with van der Waals surface area (Å²) in [6, 6.07) is 3.69. The molecule has 2 heteroatoms. The Kier molecular flexibility index (Phi) is 2.83. The molecule has 0 aromatic carbocycles. The molecule has 1 unspecified atom stereocenters. The van der Waals surface area contributed by atoms with Gasteiger partial charge in [-0.15, -0.1) is 0 Å². The van der Waals surface area contributed by atoms with Crippen molar-refractivity contribution in [3.8, 4) is 0 Å². The summed E-state index contributed by atoms with van der Waals surface area (Å²) >= 11 is 0. The molecule has 1 aromatic rings. The van der Waals surface area contributed by atoms with Crippen LogP contribution in [-0.4, -0.2) is 10.1 Å². The van der Waals surface area contributed by atoms with E-state index in [1.165, 1.54) is 0 Å². The fourth-order valence-electron chi connectivity index (χ4n) is 1.31. The number of rotatable bonds is 2. The third kappa shape index (κ3) is 2.67. The molecule has 0 fully saturated rings. The predicted molar refractivity (Wildman–Crippen MR) is 53.2 cm³/mol. The van der Waals surface area contributed by atoms with E-state index in [1.54, 1.807) is 19.3 Å². The van der Waals surface area contributed by atoms with Crippen LogP contribution in [0.5, 0.6) is 0 Å². The van der Waals surface area contributed by atoms with Crippen LogP contribution in [0.4, 0.5) is 0 Å². The number of nitrogens with zero attached hydrogens (tertiary/aromatic N) is 1. The van der Waals surface area contributed by atoms with Gasteiger partial charge in [0.25, 0.3) is 0 Å². The minimum Gasteiger partial charge on any atom is -0.381 e. The van der Waals surface area contributed by atoms with E-state index in [0.717, 1.165) is 11.1 Å². The first-order valence-electron chi connectivity index (χ1n) is 4.31. The van der Waals surface area contributed by atoms with E-state index in [1.807, 2.05) is 32.1 Å². The molecular formula is C11H15NO. The smallest absolute Gasteiger partial charge is 0.107 e. The van der Waals surface area contributed by atoms with E-state index in [-0.39, 0.29) is 0 Å². The molecule has 13 heavy (non-hydrogen) atoms. The highest BCUT2D eigenvalue weighted by atomic mass is 16.3. The second-order valence-corrected chi connectivity index (χ2v) is 3.61. The lowest BCUT2D eigenvalue weighted by Crippen LogP contribution is -2.18. The Morgan fingerprint density at radius 3 is 2.69 bits per heavy atom. The van der Waals surface area contributed by atoms with Gasteiger partial charge in [-0.25, -0.2) is 0 Å². The molecule has 0 bridgehead atoms. The first-order chi connectivity index (χ1) is 6.02. The van der Waals surface area contributed by atoms with Crippen LogP contribution in [0.25, 0.3) is 0 Å². The van der Waals surface area contributed by atoms with E-state index in [2.05, 4.69) is 4.98 Å². The van der Waals surface area contributed by atoms with Crippen molar-refractivity contribution < 1.29 is 5.11 Å². The topological polar surface area (TPSA) is 33.1 Å². The third-order valence-electron chi connectivity index (χ3n) is 1.82. The van der Waals surface area contributed by atoms with Gasteiger partial charge in [-0.05, 0) is 26.8 Å². The standard InChI is InChI=1S/C11H15NO/c1-9(2)7-11(3,13)10-5-4-6-12-8-10/h4-8,13H,1-3H3. The van der Waals surface area contributed by atoms with Crippen molar-refractivity contribution in [3.63, 3.8) is 0 Å². The van der Waals surface area contributed by atoms with E-state index in [9.17, 15) is 5.11 Å². The van der Waals surface area contributed by atoms with E-state index in [0.29, 0.717) is 0 Å². The van der Waals surface area contributed by atoms with Crippen molar-refractivity contribution in [1.29, 1.82) is 0 Å². The van der Waals surface area contributed by atoms with Crippen LogP contribution in [0.2, 0.25) is 0 Å². The molecule has 0 aliphatic heterocycles. The highest BCUT2D eigenvalue weighted by molar-refractivity contribution is 5.24. The number of aliphatic hydroxyl groups is 1. The largest absolute Gasteiger partial charge is 0.381 e. The zero-order valence-electron chi connectivity index (χ0n) is 8.28. The monoisotopic (exact) mass is 177 g/mol. The molecule has 0 aliphatic rings. The van der Waals surface area contributed by atoms with Crippen molar-refractivity contribution in [2.75, 3.05) is 0 Å². The van der Waals surface area contributed by atoms with Gasteiger partial charge in [0.1, 0.15) is 5.60 Å². The Hall–Kier alpha value is -1.15. The minimum absolute atomic E-state index is 0.816. The fourth-order valence-corrected chi connectivity index (χ4v) is 1.31. The highest BCUT2D eigenvalue weighted by Gasteiger charge is 2.19. The van der Waals surface area contributed by atoms with Gasteiger partial charge in [0, 0.05) is 18.0 Å². The maximum Gasteiger partial charge on any atom is 0.107 e. The van der Waals surface area contributed by atoms with Crippen LogP contribution in [0.3, 0.4) is 0 Å². The summed E-state index contributed by atoms with van der Waals surface area (Å²) in [6.07, 6.45) is 5.20. The predicted octanol–water partition coefficient (Wildman–Crippen LogP) is 2.26. The Balaban J connectivity index is 3.01. The normalized spacial score (nSPS) is 14.8. The summed E-state index contributed by atoms with van der Waals surface area (Å²) in [7, 11) is 0. The van der Waals surface area contributed by atoms with Crippen molar-refractivity contribution in [2.24, 2.45) is 0 Å². The molecule has 1 aromatic heterocycles. The lowest BCUT2D eigenvalue weighted by molar-refractivity contribution is 0.110. The van der Waals surface area contributed by atoms with E-state index >= 15 is 0 Å². The maximum absolute atomic E-state index is 10.0.